The van der Waals surface area contributed by atoms with Gasteiger partial charge in [0, 0.05) is 6.07 Å². The molecule has 5 heteroatoms. The summed E-state index contributed by atoms with van der Waals surface area (Å²) in [5.74, 6) is 1.66. The standard InChI is InChI=1S/C18H20FNO3/c1-21-17-8-12-6-7-20-16(15(12)10-18(17)22-2)11-23-14-5-3-4-13(19)9-14/h3-5,8-10,16,20H,6-7,11H2,1-2H3. The van der Waals surface area contributed by atoms with Crippen LogP contribution in [0.3, 0.4) is 0 Å². The monoisotopic (exact) mass is 317 g/mol. The van der Waals surface area contributed by atoms with E-state index in [1.54, 1.807) is 26.4 Å². The summed E-state index contributed by atoms with van der Waals surface area (Å²) in [6.07, 6.45) is 0.923. The van der Waals surface area contributed by atoms with Gasteiger partial charge in [0.15, 0.2) is 11.5 Å². The molecule has 0 aliphatic carbocycles. The van der Waals surface area contributed by atoms with Gasteiger partial charge in [-0.25, -0.2) is 4.39 Å². The van der Waals surface area contributed by atoms with Gasteiger partial charge < -0.3 is 19.5 Å². The number of nitrogens with one attached hydrogen (secondary N) is 1. The zero-order valence-corrected chi connectivity index (χ0v) is 13.3. The van der Waals surface area contributed by atoms with Crippen molar-refractivity contribution in [1.82, 2.24) is 5.32 Å². The first kappa shape index (κ1) is 15.6. The lowest BCUT2D eigenvalue weighted by molar-refractivity contribution is 0.259. The van der Waals surface area contributed by atoms with Crippen LogP contribution >= 0.6 is 0 Å². The molecule has 122 valence electrons. The van der Waals surface area contributed by atoms with Gasteiger partial charge in [0.1, 0.15) is 18.2 Å². The Balaban J connectivity index is 1.80. The van der Waals surface area contributed by atoms with E-state index >= 15 is 0 Å². The summed E-state index contributed by atoms with van der Waals surface area (Å²) in [5.41, 5.74) is 2.35. The van der Waals surface area contributed by atoms with E-state index in [0.717, 1.165) is 24.3 Å². The SMILES string of the molecule is COc1cc2c(cc1OC)C(COc1cccc(F)c1)NCC2. The molecule has 2 aromatic carbocycles. The molecule has 0 amide bonds. The predicted molar refractivity (Wildman–Crippen MR) is 85.9 cm³/mol. The normalized spacial score (nSPS) is 16.6. The fourth-order valence-electron chi connectivity index (χ4n) is 2.85. The third-order valence-corrected chi connectivity index (χ3v) is 4.02. The van der Waals surface area contributed by atoms with Crippen LogP contribution in [0.15, 0.2) is 36.4 Å². The van der Waals surface area contributed by atoms with Crippen molar-refractivity contribution in [3.05, 3.63) is 53.3 Å². The highest BCUT2D eigenvalue weighted by Gasteiger charge is 2.23. The van der Waals surface area contributed by atoms with E-state index in [4.69, 9.17) is 14.2 Å². The van der Waals surface area contributed by atoms with Crippen LogP contribution in [0.4, 0.5) is 4.39 Å². The van der Waals surface area contributed by atoms with Crippen molar-refractivity contribution < 1.29 is 18.6 Å². The second-order valence-electron chi connectivity index (χ2n) is 5.43. The van der Waals surface area contributed by atoms with Gasteiger partial charge in [0.2, 0.25) is 0 Å². The largest absolute Gasteiger partial charge is 0.493 e. The van der Waals surface area contributed by atoms with E-state index in [2.05, 4.69) is 5.32 Å². The fraction of sp³-hybridized carbons (Fsp3) is 0.333. The molecule has 1 heterocycles. The van der Waals surface area contributed by atoms with Crippen LogP contribution in [0.25, 0.3) is 0 Å². The van der Waals surface area contributed by atoms with E-state index in [-0.39, 0.29) is 11.9 Å². The Hall–Kier alpha value is -2.27. The second-order valence-corrected chi connectivity index (χ2v) is 5.43. The average Bonchev–Trinajstić information content (AvgIpc) is 2.58. The molecule has 0 saturated heterocycles. The highest BCUT2D eigenvalue weighted by molar-refractivity contribution is 5.49. The molecule has 0 bridgehead atoms. The van der Waals surface area contributed by atoms with Crippen LogP contribution in [0, 0.1) is 5.82 Å². The number of halogens is 1. The Bertz CT molecular complexity index is 690. The molecule has 0 spiro atoms. The van der Waals surface area contributed by atoms with E-state index < -0.39 is 0 Å². The minimum atomic E-state index is -0.300. The molecule has 0 aromatic heterocycles. The lowest BCUT2D eigenvalue weighted by atomic mass is 9.94. The first-order valence-corrected chi connectivity index (χ1v) is 7.58. The minimum Gasteiger partial charge on any atom is -0.493 e. The maximum atomic E-state index is 13.2. The maximum absolute atomic E-state index is 13.2. The summed E-state index contributed by atoms with van der Waals surface area (Å²) < 4.78 is 29.7. The molecule has 3 rings (SSSR count). The van der Waals surface area contributed by atoms with Crippen molar-refractivity contribution in [3.8, 4) is 17.2 Å². The zero-order valence-electron chi connectivity index (χ0n) is 13.3. The number of benzene rings is 2. The van der Waals surface area contributed by atoms with Crippen molar-refractivity contribution >= 4 is 0 Å². The van der Waals surface area contributed by atoms with E-state index in [1.165, 1.54) is 17.7 Å². The summed E-state index contributed by atoms with van der Waals surface area (Å²) in [4.78, 5) is 0. The Morgan fingerprint density at radius 1 is 1.13 bits per heavy atom. The molecule has 0 fully saturated rings. The Kier molecular flexibility index (Phi) is 4.67. The predicted octanol–water partition coefficient (Wildman–Crippen LogP) is 3.11. The summed E-state index contributed by atoms with van der Waals surface area (Å²) in [6.45, 7) is 1.28. The Morgan fingerprint density at radius 2 is 1.91 bits per heavy atom. The van der Waals surface area contributed by atoms with Crippen molar-refractivity contribution in [1.29, 1.82) is 0 Å². The van der Waals surface area contributed by atoms with Gasteiger partial charge >= 0.3 is 0 Å². The lowest BCUT2D eigenvalue weighted by Gasteiger charge is -2.28. The Morgan fingerprint density at radius 3 is 2.65 bits per heavy atom. The van der Waals surface area contributed by atoms with Gasteiger partial charge in [-0.2, -0.15) is 0 Å². The first-order valence-electron chi connectivity index (χ1n) is 7.58. The van der Waals surface area contributed by atoms with Gasteiger partial charge in [-0.1, -0.05) is 6.07 Å². The first-order chi connectivity index (χ1) is 11.2. The van der Waals surface area contributed by atoms with Crippen molar-refractivity contribution in [2.75, 3.05) is 27.4 Å². The number of rotatable bonds is 5. The van der Waals surface area contributed by atoms with Crippen LogP contribution in [-0.2, 0) is 6.42 Å². The van der Waals surface area contributed by atoms with E-state index in [9.17, 15) is 4.39 Å². The van der Waals surface area contributed by atoms with Crippen LogP contribution in [-0.4, -0.2) is 27.4 Å². The molecule has 0 radical (unpaired) electrons. The molecule has 1 atom stereocenters. The van der Waals surface area contributed by atoms with E-state index in [0.29, 0.717) is 18.1 Å². The van der Waals surface area contributed by atoms with Gasteiger partial charge in [0.25, 0.3) is 0 Å². The number of ether oxygens (including phenoxy) is 3. The van der Waals surface area contributed by atoms with Crippen LogP contribution < -0.4 is 19.5 Å². The zero-order chi connectivity index (χ0) is 16.2. The van der Waals surface area contributed by atoms with Crippen molar-refractivity contribution in [3.63, 3.8) is 0 Å². The summed E-state index contributed by atoms with van der Waals surface area (Å²) in [5, 5.41) is 3.43. The van der Waals surface area contributed by atoms with Crippen molar-refractivity contribution in [2.45, 2.75) is 12.5 Å². The molecule has 1 aliphatic rings. The third kappa shape index (κ3) is 3.40. The van der Waals surface area contributed by atoms with E-state index in [1.807, 2.05) is 12.1 Å². The highest BCUT2D eigenvalue weighted by atomic mass is 19.1. The molecule has 0 saturated carbocycles. The van der Waals surface area contributed by atoms with Gasteiger partial charge in [-0.3, -0.25) is 0 Å². The number of fused-ring (bicyclic) bond motifs is 1. The third-order valence-electron chi connectivity index (χ3n) is 4.02. The van der Waals surface area contributed by atoms with Gasteiger partial charge in [0.05, 0.1) is 20.3 Å². The molecule has 4 nitrogen and oxygen atoms in total. The molecule has 23 heavy (non-hydrogen) atoms. The topological polar surface area (TPSA) is 39.7 Å². The molecule has 2 aromatic rings. The van der Waals surface area contributed by atoms with Gasteiger partial charge in [-0.05, 0) is 48.4 Å². The fourth-order valence-corrected chi connectivity index (χ4v) is 2.85. The average molecular weight is 317 g/mol. The quantitative estimate of drug-likeness (QED) is 0.920. The number of methoxy groups -OCH3 is 2. The minimum absolute atomic E-state index is 0.0295. The molecule has 1 N–H and O–H groups in total. The second kappa shape index (κ2) is 6.87. The highest BCUT2D eigenvalue weighted by Crippen LogP contribution is 2.35. The molecular formula is C18H20FNO3. The van der Waals surface area contributed by atoms with Crippen molar-refractivity contribution in [2.24, 2.45) is 0 Å². The lowest BCUT2D eigenvalue weighted by Crippen LogP contribution is -2.33. The summed E-state index contributed by atoms with van der Waals surface area (Å²) in [7, 11) is 3.26. The maximum Gasteiger partial charge on any atom is 0.161 e. The van der Waals surface area contributed by atoms with Crippen LogP contribution in [0.5, 0.6) is 17.2 Å². The summed E-state index contributed by atoms with van der Waals surface area (Å²) >= 11 is 0. The number of hydrogen-bond acceptors (Lipinski definition) is 4. The molecule has 1 unspecified atom stereocenters. The van der Waals surface area contributed by atoms with Crippen LogP contribution in [0.2, 0.25) is 0 Å². The number of hydrogen-bond donors (Lipinski definition) is 1. The summed E-state index contributed by atoms with van der Waals surface area (Å²) in [6, 6.07) is 10.2. The Labute approximate surface area is 135 Å². The molecular weight excluding hydrogens is 297 g/mol. The smallest absolute Gasteiger partial charge is 0.161 e. The molecule has 1 aliphatic heterocycles. The van der Waals surface area contributed by atoms with Gasteiger partial charge in [-0.15, -0.1) is 0 Å². The van der Waals surface area contributed by atoms with Crippen LogP contribution in [0.1, 0.15) is 17.2 Å².